The molecule has 3 aromatic rings. The van der Waals surface area contributed by atoms with Gasteiger partial charge < -0.3 is 10.3 Å². The number of rotatable bonds is 2. The molecule has 0 atom stereocenters. The maximum absolute atomic E-state index is 13.3. The molecule has 0 radical (unpaired) electrons. The van der Waals surface area contributed by atoms with Crippen LogP contribution in [-0.4, -0.2) is 19.9 Å². The van der Waals surface area contributed by atoms with E-state index >= 15 is 0 Å². The van der Waals surface area contributed by atoms with Crippen molar-refractivity contribution in [2.45, 2.75) is 6.92 Å². The normalized spacial score (nSPS) is 10.9. The lowest BCUT2D eigenvalue weighted by atomic mass is 10.2. The van der Waals surface area contributed by atoms with E-state index in [9.17, 15) is 4.39 Å². The van der Waals surface area contributed by atoms with E-state index in [-0.39, 0.29) is 11.1 Å². The molecule has 0 unspecified atom stereocenters. The summed E-state index contributed by atoms with van der Waals surface area (Å²) in [5, 5.41) is 3.12. The number of nitrogens with one attached hydrogen (secondary N) is 2. The molecule has 3 rings (SSSR count). The van der Waals surface area contributed by atoms with Crippen molar-refractivity contribution < 1.29 is 4.39 Å². The van der Waals surface area contributed by atoms with Crippen molar-refractivity contribution in [2.75, 3.05) is 5.32 Å². The number of hydrogen-bond donors (Lipinski definition) is 2. The Morgan fingerprint density at radius 1 is 1.32 bits per heavy atom. The van der Waals surface area contributed by atoms with Crippen LogP contribution in [0.1, 0.15) is 5.56 Å². The van der Waals surface area contributed by atoms with E-state index in [1.54, 1.807) is 6.07 Å². The molecule has 0 amide bonds. The van der Waals surface area contributed by atoms with Crippen LogP contribution in [0, 0.1) is 12.7 Å². The summed E-state index contributed by atoms with van der Waals surface area (Å²) in [6.07, 6.45) is 1.50. The Labute approximate surface area is 112 Å². The Morgan fingerprint density at radius 2 is 2.16 bits per heavy atom. The minimum absolute atomic E-state index is 0.0798. The number of anilines is 2. The number of fused-ring (bicyclic) bond motifs is 1. The molecule has 0 aliphatic heterocycles. The second-order valence-corrected chi connectivity index (χ2v) is 4.36. The van der Waals surface area contributed by atoms with Crippen molar-refractivity contribution in [2.24, 2.45) is 0 Å². The maximum atomic E-state index is 13.3. The molecule has 0 aliphatic rings. The smallest absolute Gasteiger partial charge is 0.226 e. The fraction of sp³-hybridized carbons (Fsp3) is 0.0833. The standard InChI is InChI=1S/C12H9ClFN5/c1-6-2-3-7(14)4-8(6)17-11-9-10(16-5-15-9)18-12(13)19-11/h2-5H,1H3,(H2,15,16,17,18,19). The molecule has 2 N–H and O–H groups in total. The fourth-order valence-corrected chi connectivity index (χ4v) is 1.92. The number of nitrogens with zero attached hydrogens (tertiary/aromatic N) is 3. The van der Waals surface area contributed by atoms with Crippen molar-refractivity contribution >= 4 is 34.3 Å². The predicted octanol–water partition coefficient (Wildman–Crippen LogP) is 3.20. The van der Waals surface area contributed by atoms with Crippen LogP contribution < -0.4 is 5.32 Å². The molecule has 0 aliphatic carbocycles. The number of aryl methyl sites for hydroxylation is 1. The first kappa shape index (κ1) is 11.9. The lowest BCUT2D eigenvalue weighted by Gasteiger charge is -2.09. The van der Waals surface area contributed by atoms with Gasteiger partial charge in [-0.25, -0.2) is 9.37 Å². The van der Waals surface area contributed by atoms with Crippen LogP contribution in [0.25, 0.3) is 11.2 Å². The first-order valence-electron chi connectivity index (χ1n) is 5.53. The van der Waals surface area contributed by atoms with Gasteiger partial charge in [-0.05, 0) is 36.2 Å². The van der Waals surface area contributed by atoms with Crippen molar-refractivity contribution in [3.63, 3.8) is 0 Å². The molecule has 0 spiro atoms. The zero-order valence-corrected chi connectivity index (χ0v) is 10.7. The van der Waals surface area contributed by atoms with E-state index < -0.39 is 0 Å². The molecule has 0 saturated heterocycles. The van der Waals surface area contributed by atoms with Crippen molar-refractivity contribution in [1.82, 2.24) is 19.9 Å². The minimum Gasteiger partial charge on any atom is -0.340 e. The van der Waals surface area contributed by atoms with Gasteiger partial charge in [0.25, 0.3) is 0 Å². The quantitative estimate of drug-likeness (QED) is 0.706. The predicted molar refractivity (Wildman–Crippen MR) is 71.1 cm³/mol. The van der Waals surface area contributed by atoms with Crippen LogP contribution in [0.4, 0.5) is 15.9 Å². The average Bonchev–Trinajstić information content (AvgIpc) is 2.82. The first-order valence-corrected chi connectivity index (χ1v) is 5.91. The Bertz CT molecular complexity index is 755. The largest absolute Gasteiger partial charge is 0.340 e. The SMILES string of the molecule is Cc1ccc(F)cc1Nc1nc(Cl)nc2nc[nH]c12. The topological polar surface area (TPSA) is 66.5 Å². The highest BCUT2D eigenvalue weighted by atomic mass is 35.5. The summed E-state index contributed by atoms with van der Waals surface area (Å²) >= 11 is 5.83. The van der Waals surface area contributed by atoms with Gasteiger partial charge >= 0.3 is 0 Å². The summed E-state index contributed by atoms with van der Waals surface area (Å²) in [5.74, 6) is 0.135. The number of hydrogen-bond acceptors (Lipinski definition) is 4. The Hall–Kier alpha value is -2.21. The van der Waals surface area contributed by atoms with Crippen LogP contribution in [0.15, 0.2) is 24.5 Å². The second-order valence-electron chi connectivity index (χ2n) is 4.03. The molecule has 19 heavy (non-hydrogen) atoms. The van der Waals surface area contributed by atoms with Gasteiger partial charge in [0.1, 0.15) is 11.3 Å². The minimum atomic E-state index is -0.325. The van der Waals surface area contributed by atoms with Crippen molar-refractivity contribution in [3.05, 3.63) is 41.2 Å². The Kier molecular flexibility index (Phi) is 2.79. The highest BCUT2D eigenvalue weighted by molar-refractivity contribution is 6.28. The van der Waals surface area contributed by atoms with Crippen molar-refractivity contribution in [3.8, 4) is 0 Å². The van der Waals surface area contributed by atoms with Crippen LogP contribution in [0.2, 0.25) is 5.28 Å². The third kappa shape index (κ3) is 2.22. The summed E-state index contributed by atoms with van der Waals surface area (Å²) in [6.45, 7) is 1.87. The highest BCUT2D eigenvalue weighted by Crippen LogP contribution is 2.25. The maximum Gasteiger partial charge on any atom is 0.226 e. The molecule has 0 bridgehead atoms. The van der Waals surface area contributed by atoms with Crippen LogP contribution in [-0.2, 0) is 0 Å². The van der Waals surface area contributed by atoms with Gasteiger partial charge in [-0.1, -0.05) is 6.07 Å². The van der Waals surface area contributed by atoms with E-state index in [1.807, 2.05) is 6.92 Å². The van der Waals surface area contributed by atoms with Gasteiger partial charge in [-0.15, -0.1) is 0 Å². The zero-order chi connectivity index (χ0) is 13.4. The number of halogens is 2. The van der Waals surface area contributed by atoms with Crippen LogP contribution >= 0.6 is 11.6 Å². The Morgan fingerprint density at radius 3 is 3.00 bits per heavy atom. The van der Waals surface area contributed by atoms with Gasteiger partial charge in [0.2, 0.25) is 5.28 Å². The summed E-state index contributed by atoms with van der Waals surface area (Å²) in [7, 11) is 0. The van der Waals surface area contributed by atoms with E-state index in [0.29, 0.717) is 22.7 Å². The average molecular weight is 278 g/mol. The number of aromatic nitrogens is 4. The van der Waals surface area contributed by atoms with Gasteiger partial charge in [0, 0.05) is 5.69 Å². The third-order valence-corrected chi connectivity index (χ3v) is 2.88. The molecule has 7 heteroatoms. The monoisotopic (exact) mass is 277 g/mol. The number of H-pyrrole nitrogens is 1. The lowest BCUT2D eigenvalue weighted by Crippen LogP contribution is -1.99. The van der Waals surface area contributed by atoms with E-state index in [4.69, 9.17) is 11.6 Å². The molecule has 0 saturated carbocycles. The van der Waals surface area contributed by atoms with Crippen LogP contribution in [0.3, 0.4) is 0 Å². The van der Waals surface area contributed by atoms with Gasteiger partial charge in [-0.2, -0.15) is 9.97 Å². The molecule has 0 fully saturated rings. The van der Waals surface area contributed by atoms with E-state index in [1.165, 1.54) is 18.5 Å². The van der Waals surface area contributed by atoms with E-state index in [0.717, 1.165) is 5.56 Å². The molecular formula is C12H9ClFN5. The highest BCUT2D eigenvalue weighted by Gasteiger charge is 2.10. The zero-order valence-electron chi connectivity index (χ0n) is 9.91. The number of aromatic amines is 1. The van der Waals surface area contributed by atoms with Crippen molar-refractivity contribution in [1.29, 1.82) is 0 Å². The van der Waals surface area contributed by atoms with Gasteiger partial charge in [0.05, 0.1) is 6.33 Å². The first-order chi connectivity index (χ1) is 9.13. The van der Waals surface area contributed by atoms with Crippen LogP contribution in [0.5, 0.6) is 0 Å². The van der Waals surface area contributed by atoms with E-state index in [2.05, 4.69) is 25.3 Å². The summed E-state index contributed by atoms with van der Waals surface area (Å²) in [5.41, 5.74) is 2.58. The molecule has 5 nitrogen and oxygen atoms in total. The Balaban J connectivity index is 2.10. The number of benzene rings is 1. The molecule has 2 heterocycles. The summed E-state index contributed by atoms with van der Waals surface area (Å²) in [4.78, 5) is 15.0. The van der Waals surface area contributed by atoms with Gasteiger partial charge in [0.15, 0.2) is 11.5 Å². The lowest BCUT2D eigenvalue weighted by molar-refractivity contribution is 0.628. The third-order valence-electron chi connectivity index (χ3n) is 2.71. The fourth-order valence-electron chi connectivity index (χ4n) is 1.75. The van der Waals surface area contributed by atoms with Gasteiger partial charge in [-0.3, -0.25) is 0 Å². The summed E-state index contributed by atoms with van der Waals surface area (Å²) < 4.78 is 13.3. The molecule has 1 aromatic carbocycles. The summed E-state index contributed by atoms with van der Waals surface area (Å²) in [6, 6.07) is 4.48. The molecule has 2 aromatic heterocycles. The number of imidazole rings is 1. The molecular weight excluding hydrogens is 269 g/mol. The molecule has 96 valence electrons. The second kappa shape index (κ2) is 4.47.